The Kier molecular flexibility index (Phi) is 5.57. The number of fused-ring (bicyclic) bond motifs is 1. The number of hydrogen-bond donors (Lipinski definition) is 4. The van der Waals surface area contributed by atoms with E-state index in [9.17, 15) is 18.0 Å². The summed E-state index contributed by atoms with van der Waals surface area (Å²) in [5.41, 5.74) is 1.36. The predicted molar refractivity (Wildman–Crippen MR) is 122 cm³/mol. The molecule has 1 aromatic heterocycles. The van der Waals surface area contributed by atoms with Crippen molar-refractivity contribution in [1.82, 2.24) is 9.97 Å². The number of benzene rings is 3. The van der Waals surface area contributed by atoms with E-state index in [0.29, 0.717) is 16.7 Å². The molecule has 4 aromatic rings. The molecule has 4 N–H and O–H groups in total. The molecule has 31 heavy (non-hydrogen) atoms. The highest BCUT2D eigenvalue weighted by Gasteiger charge is 2.19. The molecule has 3 aromatic carbocycles. The Bertz CT molecular complexity index is 1420. The number of carbonyl (C=O) groups excluding carboxylic acids is 1. The van der Waals surface area contributed by atoms with Crippen molar-refractivity contribution < 1.29 is 13.2 Å². The maximum absolute atomic E-state index is 12.9. The molecule has 0 spiro atoms. The van der Waals surface area contributed by atoms with Crippen molar-refractivity contribution in [3.63, 3.8) is 0 Å². The van der Waals surface area contributed by atoms with Crippen molar-refractivity contribution in [2.75, 3.05) is 16.3 Å². The monoisotopic (exact) mass is 454 g/mol. The zero-order valence-corrected chi connectivity index (χ0v) is 17.9. The number of imidazole rings is 1. The highest BCUT2D eigenvalue weighted by Crippen LogP contribution is 2.23. The molecule has 0 atom stereocenters. The normalized spacial score (nSPS) is 11.4. The molecular weight excluding hydrogens is 436 g/mol. The van der Waals surface area contributed by atoms with E-state index < -0.39 is 21.6 Å². The summed E-state index contributed by atoms with van der Waals surface area (Å²) in [5.74, 6) is -0.444. The van der Waals surface area contributed by atoms with Crippen LogP contribution < -0.4 is 15.7 Å². The minimum atomic E-state index is -4.00. The molecule has 4 rings (SSSR count). The molecule has 0 saturated carbocycles. The summed E-state index contributed by atoms with van der Waals surface area (Å²) >= 11 is 1.59. The van der Waals surface area contributed by atoms with Gasteiger partial charge in [-0.3, -0.25) is 9.52 Å². The predicted octanol–water partition coefficient (Wildman–Crippen LogP) is 3.63. The Balaban J connectivity index is 1.60. The largest absolute Gasteiger partial charge is 0.323 e. The number of aromatic amines is 2. The van der Waals surface area contributed by atoms with E-state index in [1.54, 1.807) is 36.0 Å². The number of thioether (sulfide) groups is 1. The maximum Gasteiger partial charge on any atom is 0.323 e. The van der Waals surface area contributed by atoms with Crippen LogP contribution in [-0.2, 0) is 10.0 Å². The van der Waals surface area contributed by atoms with Gasteiger partial charge in [0.1, 0.15) is 0 Å². The molecule has 8 nitrogen and oxygen atoms in total. The number of hydrogen-bond acceptors (Lipinski definition) is 5. The molecule has 0 saturated heterocycles. The lowest BCUT2D eigenvalue weighted by atomic mass is 10.1. The lowest BCUT2D eigenvalue weighted by Gasteiger charge is -2.13. The number of anilines is 2. The van der Waals surface area contributed by atoms with Gasteiger partial charge in [0.05, 0.1) is 27.2 Å². The molecule has 1 amide bonds. The van der Waals surface area contributed by atoms with Gasteiger partial charge < -0.3 is 15.3 Å². The molecule has 0 unspecified atom stereocenters. The van der Waals surface area contributed by atoms with Gasteiger partial charge in [-0.1, -0.05) is 12.1 Å². The second kappa shape index (κ2) is 8.32. The summed E-state index contributed by atoms with van der Waals surface area (Å²) < 4.78 is 28.3. The minimum Gasteiger partial charge on any atom is -0.322 e. The fourth-order valence-electron chi connectivity index (χ4n) is 3.03. The third-order valence-electron chi connectivity index (χ3n) is 4.56. The molecule has 10 heteroatoms. The van der Waals surface area contributed by atoms with Crippen molar-refractivity contribution in [3.8, 4) is 0 Å². The summed E-state index contributed by atoms with van der Waals surface area (Å²) in [5, 5.41) is 2.78. The number of H-pyrrole nitrogens is 2. The Labute approximate surface area is 182 Å². The zero-order valence-electron chi connectivity index (χ0n) is 16.3. The average Bonchev–Trinajstić information content (AvgIpc) is 3.13. The standard InChI is InChI=1S/C21H18N4O4S2/c1-30-14-8-6-13(7-9-14)22-20(26)16-4-2-3-5-17(16)25-31(28,29)15-10-11-18-19(12-15)24-21(27)23-18/h2-12,25H,1H3,(H,22,26)(H2,23,24,27). The van der Waals surface area contributed by atoms with Crippen LogP contribution in [-0.4, -0.2) is 30.5 Å². The highest BCUT2D eigenvalue weighted by molar-refractivity contribution is 7.98. The maximum atomic E-state index is 12.9. The first-order chi connectivity index (χ1) is 14.9. The van der Waals surface area contributed by atoms with Gasteiger partial charge in [-0.15, -0.1) is 11.8 Å². The van der Waals surface area contributed by atoms with Crippen LogP contribution in [0.1, 0.15) is 10.4 Å². The smallest absolute Gasteiger partial charge is 0.322 e. The summed E-state index contributed by atoms with van der Waals surface area (Å²) in [6.45, 7) is 0. The van der Waals surface area contributed by atoms with E-state index in [0.717, 1.165) is 4.90 Å². The Hall–Kier alpha value is -3.50. The van der Waals surface area contributed by atoms with Crippen molar-refractivity contribution in [2.24, 2.45) is 0 Å². The van der Waals surface area contributed by atoms with Gasteiger partial charge >= 0.3 is 5.69 Å². The Morgan fingerprint density at radius 2 is 1.65 bits per heavy atom. The van der Waals surface area contributed by atoms with Crippen LogP contribution >= 0.6 is 11.8 Å². The first-order valence-electron chi connectivity index (χ1n) is 9.15. The summed E-state index contributed by atoms with van der Waals surface area (Å²) in [7, 11) is -4.00. The number of aromatic nitrogens is 2. The zero-order chi connectivity index (χ0) is 22.0. The Morgan fingerprint density at radius 3 is 2.39 bits per heavy atom. The number of para-hydroxylation sites is 1. The van der Waals surface area contributed by atoms with Gasteiger partial charge in [0.15, 0.2) is 0 Å². The second-order valence-corrected chi connectivity index (χ2v) is 9.18. The third kappa shape index (κ3) is 4.49. The molecule has 158 valence electrons. The summed E-state index contributed by atoms with van der Waals surface area (Å²) in [6, 6.07) is 17.9. The van der Waals surface area contributed by atoms with E-state index >= 15 is 0 Å². The lowest BCUT2D eigenvalue weighted by Crippen LogP contribution is -2.18. The van der Waals surface area contributed by atoms with Crippen LogP contribution in [0.3, 0.4) is 0 Å². The minimum absolute atomic E-state index is 0.0434. The average molecular weight is 455 g/mol. The summed E-state index contributed by atoms with van der Waals surface area (Å²) in [4.78, 5) is 30.3. The number of rotatable bonds is 6. The van der Waals surface area contributed by atoms with Crippen LogP contribution in [0.25, 0.3) is 11.0 Å². The molecule has 0 bridgehead atoms. The summed E-state index contributed by atoms with van der Waals surface area (Å²) in [6.07, 6.45) is 1.96. The SMILES string of the molecule is CSc1ccc(NC(=O)c2ccccc2NS(=O)(=O)c2ccc3[nH]c(=O)[nH]c3c2)cc1. The Morgan fingerprint density at radius 1 is 0.935 bits per heavy atom. The topological polar surface area (TPSA) is 124 Å². The van der Waals surface area contributed by atoms with E-state index in [2.05, 4.69) is 20.0 Å². The first-order valence-corrected chi connectivity index (χ1v) is 11.9. The molecular formula is C21H18N4O4S2. The van der Waals surface area contributed by atoms with Crippen LogP contribution in [0.5, 0.6) is 0 Å². The van der Waals surface area contributed by atoms with Gasteiger partial charge in [0.2, 0.25) is 0 Å². The molecule has 0 fully saturated rings. The van der Waals surface area contributed by atoms with Crippen molar-refractivity contribution in [1.29, 1.82) is 0 Å². The van der Waals surface area contributed by atoms with Crippen LogP contribution in [0.15, 0.2) is 81.3 Å². The van der Waals surface area contributed by atoms with Gasteiger partial charge in [-0.05, 0) is 60.9 Å². The van der Waals surface area contributed by atoms with E-state index in [1.165, 1.54) is 30.3 Å². The van der Waals surface area contributed by atoms with Gasteiger partial charge in [-0.2, -0.15) is 0 Å². The van der Waals surface area contributed by atoms with Crippen LogP contribution in [0, 0.1) is 0 Å². The van der Waals surface area contributed by atoms with E-state index in [4.69, 9.17) is 0 Å². The fourth-order valence-corrected chi connectivity index (χ4v) is 4.54. The van der Waals surface area contributed by atoms with Crippen molar-refractivity contribution in [3.05, 3.63) is 82.8 Å². The quantitative estimate of drug-likeness (QED) is 0.331. The third-order valence-corrected chi connectivity index (χ3v) is 6.67. The van der Waals surface area contributed by atoms with Gasteiger partial charge in [0, 0.05) is 10.6 Å². The first kappa shape index (κ1) is 20.8. The number of carbonyl (C=O) groups is 1. The van der Waals surface area contributed by atoms with Crippen LogP contribution in [0.2, 0.25) is 0 Å². The number of nitrogens with one attached hydrogen (secondary N) is 4. The van der Waals surface area contributed by atoms with Crippen molar-refractivity contribution in [2.45, 2.75) is 9.79 Å². The fraction of sp³-hybridized carbons (Fsp3) is 0.0476. The number of sulfonamides is 1. The molecule has 0 aliphatic carbocycles. The van der Waals surface area contributed by atoms with Crippen molar-refractivity contribution >= 4 is 50.1 Å². The van der Waals surface area contributed by atoms with E-state index in [-0.39, 0.29) is 16.1 Å². The van der Waals surface area contributed by atoms with Crippen LogP contribution in [0.4, 0.5) is 11.4 Å². The van der Waals surface area contributed by atoms with E-state index in [1.807, 2.05) is 18.4 Å². The highest BCUT2D eigenvalue weighted by atomic mass is 32.2. The molecule has 1 heterocycles. The van der Waals surface area contributed by atoms with Gasteiger partial charge in [-0.25, -0.2) is 13.2 Å². The molecule has 0 aliphatic heterocycles. The molecule has 0 aliphatic rings. The number of amides is 1. The lowest BCUT2D eigenvalue weighted by molar-refractivity contribution is 0.102. The molecule has 0 radical (unpaired) electrons. The van der Waals surface area contributed by atoms with Gasteiger partial charge in [0.25, 0.3) is 15.9 Å². The second-order valence-electron chi connectivity index (χ2n) is 6.62.